The molecule has 0 spiro atoms. The van der Waals surface area contributed by atoms with Gasteiger partial charge in [-0.1, -0.05) is 6.92 Å². The van der Waals surface area contributed by atoms with Crippen LogP contribution in [0.15, 0.2) is 12.3 Å². The number of halogens is 3. The summed E-state index contributed by atoms with van der Waals surface area (Å²) in [6, 6.07) is 0.987. The fourth-order valence-corrected chi connectivity index (χ4v) is 4.38. The van der Waals surface area contributed by atoms with Gasteiger partial charge in [-0.25, -0.2) is 9.97 Å². The minimum absolute atomic E-state index is 0.117. The molecule has 164 valence electrons. The third kappa shape index (κ3) is 4.44. The molecule has 0 radical (unpaired) electrons. The number of hydrogen-bond acceptors (Lipinski definition) is 6. The largest absolute Gasteiger partial charge is 0.417 e. The van der Waals surface area contributed by atoms with E-state index < -0.39 is 29.2 Å². The molecule has 4 N–H and O–H groups in total. The normalized spacial score (nSPS) is 17.3. The van der Waals surface area contributed by atoms with E-state index in [4.69, 9.17) is 5.73 Å². The van der Waals surface area contributed by atoms with E-state index in [1.54, 1.807) is 6.92 Å². The highest BCUT2D eigenvalue weighted by atomic mass is 32.1. The summed E-state index contributed by atoms with van der Waals surface area (Å²) < 4.78 is 41.9. The lowest BCUT2D eigenvalue weighted by atomic mass is 9.78. The van der Waals surface area contributed by atoms with Crippen molar-refractivity contribution in [2.45, 2.75) is 70.2 Å². The van der Waals surface area contributed by atoms with Crippen molar-refractivity contribution in [3.63, 3.8) is 0 Å². The van der Waals surface area contributed by atoms with Crippen molar-refractivity contribution in [1.82, 2.24) is 9.97 Å². The topological polar surface area (TPSA) is 101 Å². The molecular formula is C20H25F3N4O2S. The van der Waals surface area contributed by atoms with E-state index in [0.29, 0.717) is 0 Å². The Morgan fingerprint density at radius 2 is 2.00 bits per heavy atom. The van der Waals surface area contributed by atoms with Gasteiger partial charge in [0.15, 0.2) is 5.01 Å². The van der Waals surface area contributed by atoms with Gasteiger partial charge in [0, 0.05) is 23.2 Å². The predicted octanol–water partition coefficient (Wildman–Crippen LogP) is 4.55. The third-order valence-corrected chi connectivity index (χ3v) is 6.79. The number of hydrogen-bond donors (Lipinski definition) is 3. The smallest absolute Gasteiger partial charge is 0.390 e. The minimum atomic E-state index is -4.65. The number of nitrogens with zero attached hydrogens (tertiary/aromatic N) is 2. The van der Waals surface area contributed by atoms with Crippen LogP contribution in [0.5, 0.6) is 0 Å². The maximum atomic E-state index is 14.0. The zero-order valence-electron chi connectivity index (χ0n) is 17.2. The van der Waals surface area contributed by atoms with Crippen LogP contribution in [0.2, 0.25) is 0 Å². The average molecular weight is 443 g/mol. The molecule has 0 saturated heterocycles. The molecule has 0 aromatic carbocycles. The summed E-state index contributed by atoms with van der Waals surface area (Å²) in [6.45, 7) is 6.64. The lowest BCUT2D eigenvalue weighted by Crippen LogP contribution is -2.41. The Hall–Kier alpha value is -2.20. The summed E-state index contributed by atoms with van der Waals surface area (Å²) in [5.74, 6) is -1.34. The van der Waals surface area contributed by atoms with Gasteiger partial charge < -0.3 is 16.2 Å². The highest BCUT2D eigenvalue weighted by Crippen LogP contribution is 2.45. The Morgan fingerprint density at radius 1 is 1.37 bits per heavy atom. The number of thiazole rings is 1. The van der Waals surface area contributed by atoms with Gasteiger partial charge in [0.05, 0.1) is 21.7 Å². The van der Waals surface area contributed by atoms with Crippen molar-refractivity contribution in [2.75, 3.05) is 5.32 Å². The molecule has 0 bridgehead atoms. The number of rotatable bonds is 6. The first kappa shape index (κ1) is 22.5. The Kier molecular flexibility index (Phi) is 5.61. The first-order valence-electron chi connectivity index (χ1n) is 9.60. The number of pyridine rings is 1. The molecule has 1 atom stereocenters. The van der Waals surface area contributed by atoms with E-state index in [-0.39, 0.29) is 32.5 Å². The van der Waals surface area contributed by atoms with Crippen LogP contribution < -0.4 is 11.1 Å². The fourth-order valence-electron chi connectivity index (χ4n) is 3.34. The molecule has 0 aliphatic heterocycles. The Morgan fingerprint density at radius 3 is 2.47 bits per heavy atom. The minimum Gasteiger partial charge on any atom is -0.390 e. The number of carbonyl (C=O) groups excluding carboxylic acids is 1. The number of aromatic nitrogens is 2. The van der Waals surface area contributed by atoms with Gasteiger partial charge in [0.25, 0.3) is 5.91 Å². The molecule has 3 rings (SSSR count). The lowest BCUT2D eigenvalue weighted by Gasteiger charge is -2.39. The molecule has 2 heterocycles. The number of amides is 1. The summed E-state index contributed by atoms with van der Waals surface area (Å²) in [5.41, 5.74) is 2.89. The summed E-state index contributed by atoms with van der Waals surface area (Å²) >= 11 is 0.773. The molecular weight excluding hydrogens is 417 g/mol. The van der Waals surface area contributed by atoms with E-state index in [9.17, 15) is 23.1 Å². The van der Waals surface area contributed by atoms with Crippen LogP contribution in [-0.2, 0) is 6.18 Å². The molecule has 1 saturated carbocycles. The number of nitrogens with two attached hydrogens (primary N) is 1. The molecule has 6 nitrogen and oxygen atoms in total. The highest BCUT2D eigenvalue weighted by molar-refractivity contribution is 7.17. The van der Waals surface area contributed by atoms with Gasteiger partial charge in [-0.05, 0) is 46.1 Å². The monoisotopic (exact) mass is 442 g/mol. The summed E-state index contributed by atoms with van der Waals surface area (Å²) in [4.78, 5) is 20.1. The second-order valence-corrected chi connectivity index (χ2v) is 9.62. The first-order chi connectivity index (χ1) is 13.7. The number of alkyl halides is 3. The van der Waals surface area contributed by atoms with Crippen LogP contribution >= 0.6 is 11.3 Å². The lowest BCUT2D eigenvalue weighted by molar-refractivity contribution is -0.137. The second kappa shape index (κ2) is 7.49. The van der Waals surface area contributed by atoms with E-state index >= 15 is 0 Å². The Labute approximate surface area is 176 Å². The average Bonchev–Trinajstić information content (AvgIpc) is 3.03. The van der Waals surface area contributed by atoms with Gasteiger partial charge in [-0.2, -0.15) is 13.2 Å². The third-order valence-electron chi connectivity index (χ3n) is 5.67. The molecule has 10 heteroatoms. The zero-order chi connectivity index (χ0) is 22.5. The Bertz CT molecular complexity index is 962. The summed E-state index contributed by atoms with van der Waals surface area (Å²) in [6.07, 6.45) is -0.764. The second-order valence-electron chi connectivity index (χ2n) is 8.63. The van der Waals surface area contributed by atoms with E-state index in [0.717, 1.165) is 42.9 Å². The highest BCUT2D eigenvalue weighted by Gasteiger charge is 2.39. The van der Waals surface area contributed by atoms with E-state index in [1.807, 2.05) is 6.92 Å². The summed E-state index contributed by atoms with van der Waals surface area (Å²) in [5, 5.41) is 13.4. The number of anilines is 1. The Balaban J connectivity index is 2.15. The molecule has 1 fully saturated rings. The molecule has 0 unspecified atom stereocenters. The molecule has 2 aromatic heterocycles. The van der Waals surface area contributed by atoms with Crippen molar-refractivity contribution in [2.24, 2.45) is 5.73 Å². The van der Waals surface area contributed by atoms with Crippen molar-refractivity contribution < 1.29 is 23.1 Å². The molecule has 2 aromatic rings. The van der Waals surface area contributed by atoms with Crippen LogP contribution in [-0.4, -0.2) is 32.1 Å². The number of carbonyl (C=O) groups is 1. The fraction of sp³-hybridized carbons (Fsp3) is 0.550. The SMILES string of the molecule is C[C@H](c1nc(C(N)=O)sc1-c1cnc(NC2(C)CCC2)cc1C(F)(F)F)C(C)(C)O. The number of primary amides is 1. The van der Waals surface area contributed by atoms with Gasteiger partial charge in [-0.3, -0.25) is 4.79 Å². The van der Waals surface area contributed by atoms with Crippen LogP contribution in [0, 0.1) is 0 Å². The van der Waals surface area contributed by atoms with Crippen molar-refractivity contribution in [3.05, 3.63) is 28.5 Å². The quantitative estimate of drug-likeness (QED) is 0.609. The standard InChI is InChI=1S/C20H25F3N4O2S/c1-10(18(2,3)29)14-15(30-17(26-14)16(24)28)11-9-25-13(8-12(11)20(21,22)23)27-19(4)6-5-7-19/h8-10,29H,5-7H2,1-4H3,(H2,24,28)(H,25,27)/t10-/m1/s1. The maximum Gasteiger partial charge on any atom is 0.417 e. The van der Waals surface area contributed by atoms with Gasteiger partial charge in [-0.15, -0.1) is 11.3 Å². The maximum absolute atomic E-state index is 14.0. The van der Waals surface area contributed by atoms with Crippen LogP contribution in [0.4, 0.5) is 19.0 Å². The molecule has 30 heavy (non-hydrogen) atoms. The van der Waals surface area contributed by atoms with Crippen LogP contribution in [0.1, 0.15) is 73.9 Å². The van der Waals surface area contributed by atoms with Crippen LogP contribution in [0.3, 0.4) is 0 Å². The van der Waals surface area contributed by atoms with E-state index in [1.165, 1.54) is 13.8 Å². The number of nitrogens with one attached hydrogen (secondary N) is 1. The van der Waals surface area contributed by atoms with Crippen LogP contribution in [0.25, 0.3) is 10.4 Å². The van der Waals surface area contributed by atoms with E-state index in [2.05, 4.69) is 15.3 Å². The van der Waals surface area contributed by atoms with Gasteiger partial charge in [0.2, 0.25) is 0 Å². The van der Waals surface area contributed by atoms with Gasteiger partial charge in [0.1, 0.15) is 5.82 Å². The van der Waals surface area contributed by atoms with Gasteiger partial charge >= 0.3 is 6.18 Å². The first-order valence-corrected chi connectivity index (χ1v) is 10.4. The molecule has 1 aliphatic carbocycles. The predicted molar refractivity (Wildman–Crippen MR) is 109 cm³/mol. The zero-order valence-corrected chi connectivity index (χ0v) is 18.0. The number of aliphatic hydroxyl groups is 1. The summed E-state index contributed by atoms with van der Waals surface area (Å²) in [7, 11) is 0. The van der Waals surface area contributed by atoms with Crippen molar-refractivity contribution in [1.29, 1.82) is 0 Å². The van der Waals surface area contributed by atoms with Crippen molar-refractivity contribution >= 4 is 23.1 Å². The molecule has 1 aliphatic rings. The molecule has 1 amide bonds. The van der Waals surface area contributed by atoms with Crippen molar-refractivity contribution in [3.8, 4) is 10.4 Å².